The topological polar surface area (TPSA) is 57.6 Å². The molecule has 3 aromatic rings. The van der Waals surface area contributed by atoms with Gasteiger partial charge in [-0.05, 0) is 66.1 Å². The van der Waals surface area contributed by atoms with Gasteiger partial charge in [-0.3, -0.25) is 4.79 Å². The van der Waals surface area contributed by atoms with Crippen LogP contribution in [0.15, 0.2) is 83.8 Å². The summed E-state index contributed by atoms with van der Waals surface area (Å²) in [6.07, 6.45) is 2.89. The van der Waals surface area contributed by atoms with Crippen molar-refractivity contribution in [2.24, 2.45) is 5.92 Å². The molecular formula is C25H23NO3S. The number of carboxylic acids is 1. The highest BCUT2D eigenvalue weighted by atomic mass is 32.2. The van der Waals surface area contributed by atoms with Crippen molar-refractivity contribution in [1.29, 1.82) is 0 Å². The van der Waals surface area contributed by atoms with Crippen LogP contribution < -0.4 is 4.90 Å². The fourth-order valence-corrected chi connectivity index (χ4v) is 4.19. The first-order valence-electron chi connectivity index (χ1n) is 9.89. The van der Waals surface area contributed by atoms with Crippen LogP contribution in [0.5, 0.6) is 0 Å². The van der Waals surface area contributed by atoms with Crippen molar-refractivity contribution in [3.05, 3.63) is 95.6 Å². The van der Waals surface area contributed by atoms with Gasteiger partial charge in [-0.15, -0.1) is 11.8 Å². The van der Waals surface area contributed by atoms with E-state index in [-0.39, 0.29) is 23.3 Å². The molecule has 0 spiro atoms. The Bertz CT molecular complexity index is 1050. The SMILES string of the molecule is CSc1ccc([C@@H]2CC2C(=O)N(Cc2cccc(C(=O)O)c2)c2ccccc2)cc1. The number of rotatable bonds is 7. The number of carbonyl (C=O) groups excluding carboxylic acids is 1. The zero-order valence-electron chi connectivity index (χ0n) is 16.7. The number of nitrogens with zero attached hydrogens (tertiary/aromatic N) is 1. The Morgan fingerprint density at radius 2 is 1.73 bits per heavy atom. The largest absolute Gasteiger partial charge is 0.478 e. The summed E-state index contributed by atoms with van der Waals surface area (Å²) < 4.78 is 0. The quantitative estimate of drug-likeness (QED) is 0.520. The van der Waals surface area contributed by atoms with Crippen molar-refractivity contribution >= 4 is 29.3 Å². The number of carboxylic acid groups (broad SMARTS) is 1. The summed E-state index contributed by atoms with van der Waals surface area (Å²) in [6, 6.07) is 24.8. The summed E-state index contributed by atoms with van der Waals surface area (Å²) in [5.74, 6) is -0.691. The molecule has 152 valence electrons. The van der Waals surface area contributed by atoms with Crippen LogP contribution in [0.25, 0.3) is 0 Å². The maximum atomic E-state index is 13.4. The molecule has 2 atom stereocenters. The molecule has 1 N–H and O–H groups in total. The minimum atomic E-state index is -0.967. The summed E-state index contributed by atoms with van der Waals surface area (Å²) in [6.45, 7) is 0.346. The van der Waals surface area contributed by atoms with Crippen LogP contribution in [0, 0.1) is 5.92 Å². The fourth-order valence-electron chi connectivity index (χ4n) is 3.78. The maximum absolute atomic E-state index is 13.4. The highest BCUT2D eigenvalue weighted by Crippen LogP contribution is 2.49. The predicted octanol–water partition coefficient (Wildman–Crippen LogP) is 5.44. The van der Waals surface area contributed by atoms with Gasteiger partial charge >= 0.3 is 5.97 Å². The van der Waals surface area contributed by atoms with Crippen LogP contribution in [0.3, 0.4) is 0 Å². The third-order valence-corrected chi connectivity index (χ3v) is 6.24. The smallest absolute Gasteiger partial charge is 0.335 e. The van der Waals surface area contributed by atoms with Crippen molar-refractivity contribution in [3.8, 4) is 0 Å². The van der Waals surface area contributed by atoms with Crippen molar-refractivity contribution in [1.82, 2.24) is 0 Å². The molecule has 1 saturated carbocycles. The molecular weight excluding hydrogens is 394 g/mol. The van der Waals surface area contributed by atoms with Gasteiger partial charge in [0.15, 0.2) is 0 Å². The number of benzene rings is 3. The fraction of sp³-hybridized carbons (Fsp3) is 0.200. The molecule has 5 heteroatoms. The summed E-state index contributed by atoms with van der Waals surface area (Å²) in [4.78, 5) is 27.8. The molecule has 0 aliphatic heterocycles. The van der Waals surface area contributed by atoms with Crippen LogP contribution in [-0.4, -0.2) is 23.2 Å². The lowest BCUT2D eigenvalue weighted by atomic mass is 10.1. The average Bonchev–Trinajstić information content (AvgIpc) is 3.59. The minimum absolute atomic E-state index is 0.0482. The van der Waals surface area contributed by atoms with Gasteiger partial charge in [-0.1, -0.05) is 42.5 Å². The third kappa shape index (κ3) is 4.41. The van der Waals surface area contributed by atoms with Gasteiger partial charge in [0.2, 0.25) is 5.91 Å². The Morgan fingerprint density at radius 1 is 1.00 bits per heavy atom. The number of hydrogen-bond donors (Lipinski definition) is 1. The van der Waals surface area contributed by atoms with Crippen LogP contribution in [0.4, 0.5) is 5.69 Å². The monoisotopic (exact) mass is 417 g/mol. The lowest BCUT2D eigenvalue weighted by Gasteiger charge is -2.23. The molecule has 1 unspecified atom stereocenters. The third-order valence-electron chi connectivity index (χ3n) is 5.50. The van der Waals surface area contributed by atoms with E-state index in [4.69, 9.17) is 0 Å². The number of hydrogen-bond acceptors (Lipinski definition) is 3. The number of amides is 1. The Kier molecular flexibility index (Phi) is 5.91. The van der Waals surface area contributed by atoms with Crippen molar-refractivity contribution < 1.29 is 14.7 Å². The van der Waals surface area contributed by atoms with Crippen molar-refractivity contribution in [2.75, 3.05) is 11.2 Å². The average molecular weight is 418 g/mol. The highest BCUT2D eigenvalue weighted by Gasteiger charge is 2.46. The molecule has 30 heavy (non-hydrogen) atoms. The summed E-state index contributed by atoms with van der Waals surface area (Å²) in [7, 11) is 0. The minimum Gasteiger partial charge on any atom is -0.478 e. The molecule has 4 nitrogen and oxygen atoms in total. The van der Waals surface area contributed by atoms with E-state index in [9.17, 15) is 14.7 Å². The van der Waals surface area contributed by atoms with E-state index in [2.05, 4.69) is 30.5 Å². The predicted molar refractivity (Wildman–Crippen MR) is 120 cm³/mol. The van der Waals surface area contributed by atoms with E-state index in [1.165, 1.54) is 10.5 Å². The Morgan fingerprint density at radius 3 is 2.40 bits per heavy atom. The van der Waals surface area contributed by atoms with Gasteiger partial charge in [0.05, 0.1) is 12.1 Å². The van der Waals surface area contributed by atoms with Gasteiger partial charge in [-0.25, -0.2) is 4.79 Å². The molecule has 0 bridgehead atoms. The first-order chi connectivity index (χ1) is 14.6. The zero-order valence-corrected chi connectivity index (χ0v) is 17.5. The Balaban J connectivity index is 1.56. The second-order valence-corrected chi connectivity index (χ2v) is 8.37. The van der Waals surface area contributed by atoms with Crippen LogP contribution in [-0.2, 0) is 11.3 Å². The molecule has 1 aliphatic carbocycles. The van der Waals surface area contributed by atoms with Gasteiger partial charge < -0.3 is 10.0 Å². The first-order valence-corrected chi connectivity index (χ1v) is 11.1. The molecule has 1 amide bonds. The zero-order chi connectivity index (χ0) is 21.1. The van der Waals surface area contributed by atoms with E-state index < -0.39 is 5.97 Å². The normalized spacial score (nSPS) is 17.4. The van der Waals surface area contributed by atoms with E-state index in [1.807, 2.05) is 36.4 Å². The van der Waals surface area contributed by atoms with Gasteiger partial charge in [0.25, 0.3) is 0 Å². The number of carbonyl (C=O) groups is 2. The number of thioether (sulfide) groups is 1. The maximum Gasteiger partial charge on any atom is 0.335 e. The summed E-state index contributed by atoms with van der Waals surface area (Å²) in [5.41, 5.74) is 3.05. The first kappa shape index (κ1) is 20.2. The lowest BCUT2D eigenvalue weighted by molar-refractivity contribution is -0.120. The Labute approximate surface area is 180 Å². The van der Waals surface area contributed by atoms with E-state index in [1.54, 1.807) is 34.9 Å². The van der Waals surface area contributed by atoms with Gasteiger partial charge in [0.1, 0.15) is 0 Å². The van der Waals surface area contributed by atoms with Crippen molar-refractivity contribution in [3.63, 3.8) is 0 Å². The van der Waals surface area contributed by atoms with E-state index in [0.717, 1.165) is 17.7 Å². The van der Waals surface area contributed by atoms with Crippen LogP contribution in [0.2, 0.25) is 0 Å². The number of anilines is 1. The second kappa shape index (κ2) is 8.76. The van der Waals surface area contributed by atoms with E-state index in [0.29, 0.717) is 6.54 Å². The number of para-hydroxylation sites is 1. The van der Waals surface area contributed by atoms with Gasteiger partial charge in [0, 0.05) is 16.5 Å². The Hall–Kier alpha value is -3.05. The van der Waals surface area contributed by atoms with Gasteiger partial charge in [-0.2, -0.15) is 0 Å². The van der Waals surface area contributed by atoms with Crippen molar-refractivity contribution in [2.45, 2.75) is 23.8 Å². The number of aromatic carboxylic acids is 1. The molecule has 0 heterocycles. The highest BCUT2D eigenvalue weighted by molar-refractivity contribution is 7.98. The summed E-state index contributed by atoms with van der Waals surface area (Å²) >= 11 is 1.71. The van der Waals surface area contributed by atoms with E-state index >= 15 is 0 Å². The van der Waals surface area contributed by atoms with Crippen LogP contribution >= 0.6 is 11.8 Å². The molecule has 4 rings (SSSR count). The molecule has 0 aromatic heterocycles. The lowest BCUT2D eigenvalue weighted by Crippen LogP contribution is -2.32. The standard InChI is InChI=1S/C25H23NO3S/c1-30-21-12-10-18(11-13-21)22-15-23(22)24(27)26(20-8-3-2-4-9-20)16-17-6-5-7-19(14-17)25(28)29/h2-14,22-23H,15-16H2,1H3,(H,28,29)/t22-,23?/m0/s1. The molecule has 3 aromatic carbocycles. The van der Waals surface area contributed by atoms with Crippen LogP contribution in [0.1, 0.15) is 33.8 Å². The summed E-state index contributed by atoms with van der Waals surface area (Å²) in [5, 5.41) is 9.28. The molecule has 1 aliphatic rings. The molecule has 1 fully saturated rings. The molecule has 0 saturated heterocycles. The molecule has 0 radical (unpaired) electrons. The second-order valence-electron chi connectivity index (χ2n) is 7.49.